The predicted octanol–water partition coefficient (Wildman–Crippen LogP) is 8.37. The molecule has 0 radical (unpaired) electrons. The Hall–Kier alpha value is -2.98. The highest BCUT2D eigenvalue weighted by atomic mass is 16.5. The van der Waals surface area contributed by atoms with Crippen LogP contribution in [0, 0.1) is 6.92 Å². The van der Waals surface area contributed by atoms with Crippen molar-refractivity contribution in [3.63, 3.8) is 0 Å². The topological polar surface area (TPSA) is 58.9 Å². The first-order chi connectivity index (χ1) is 16.3. The number of allylic oxidation sites excluding steroid dienone is 7. The number of nitrogens with zero attached hydrogens (tertiary/aromatic N) is 1. The predicted molar refractivity (Wildman–Crippen MR) is 159 cm³/mol. The number of aldehydes is 1. The van der Waals surface area contributed by atoms with Crippen LogP contribution in [0.2, 0.25) is 0 Å². The van der Waals surface area contributed by atoms with E-state index in [1.165, 1.54) is 30.0 Å². The number of benzene rings is 1. The molecule has 1 N–H and O–H groups in total. The number of carbonyl (C=O) groups excluding carboxylic acids is 1. The molecular formula is C31H51NO3. The van der Waals surface area contributed by atoms with Crippen molar-refractivity contribution in [2.45, 2.75) is 68.7 Å². The molecule has 0 spiro atoms. The molecule has 4 nitrogen and oxygen atoms in total. The van der Waals surface area contributed by atoms with E-state index in [2.05, 4.69) is 71.0 Å². The van der Waals surface area contributed by atoms with Gasteiger partial charge in [-0.1, -0.05) is 78.1 Å². The highest BCUT2D eigenvalue weighted by Gasteiger charge is 2.03. The van der Waals surface area contributed by atoms with Gasteiger partial charge in [-0.3, -0.25) is 4.99 Å². The molecule has 0 aliphatic carbocycles. The van der Waals surface area contributed by atoms with E-state index in [0.29, 0.717) is 0 Å². The molecule has 0 aliphatic heterocycles. The molecule has 0 aliphatic rings. The normalized spacial score (nSPS) is 10.5. The van der Waals surface area contributed by atoms with Crippen molar-refractivity contribution in [1.82, 2.24) is 0 Å². The second-order valence-electron chi connectivity index (χ2n) is 6.88. The Morgan fingerprint density at radius 2 is 1.74 bits per heavy atom. The third-order valence-corrected chi connectivity index (χ3v) is 4.08. The number of rotatable bonds is 9. The van der Waals surface area contributed by atoms with Gasteiger partial charge in [-0.25, -0.2) is 0 Å². The summed E-state index contributed by atoms with van der Waals surface area (Å²) in [4.78, 5) is 12.9. The van der Waals surface area contributed by atoms with Gasteiger partial charge in [0, 0.05) is 12.8 Å². The minimum absolute atomic E-state index is 0. The van der Waals surface area contributed by atoms with Crippen LogP contribution in [0.1, 0.15) is 72.9 Å². The van der Waals surface area contributed by atoms with Crippen molar-refractivity contribution in [2.24, 2.45) is 4.99 Å². The van der Waals surface area contributed by atoms with E-state index in [0.717, 1.165) is 36.1 Å². The standard InChI is InChI=1S/C13H18O.C12H17NO.C3H8.C2H4O.CH4/c1-5-11(6-2)13-9-12(14-4)8-7-10(13)3;1-4-12(8-9-13-5-2)11(3)7-6-10-14;1-3-2;1-2-3;/h5,7-9H,6H2,1-4H3;4,6-9,14H,1,3,5,10H2,2H3;3H2,1-2H3;2H,1H3;1H4/b11-5-;7-6-,12-8+,13-9?;;;. The van der Waals surface area contributed by atoms with Crippen LogP contribution in [-0.2, 0) is 4.79 Å². The first kappa shape index (κ1) is 39.2. The molecule has 0 unspecified atom stereocenters. The summed E-state index contributed by atoms with van der Waals surface area (Å²) in [5, 5.41) is 8.58. The molecular weight excluding hydrogens is 434 g/mol. The van der Waals surface area contributed by atoms with Crippen molar-refractivity contribution >= 4 is 18.1 Å². The third kappa shape index (κ3) is 21.3. The Balaban J connectivity index is -0.000000219. The summed E-state index contributed by atoms with van der Waals surface area (Å²) >= 11 is 0. The number of hydrogen-bond donors (Lipinski definition) is 1. The Kier molecular flexibility index (Phi) is 32.6. The van der Waals surface area contributed by atoms with E-state index in [1.807, 2.05) is 19.1 Å². The van der Waals surface area contributed by atoms with E-state index >= 15 is 0 Å². The summed E-state index contributed by atoms with van der Waals surface area (Å²) in [7, 11) is 1.70. The lowest BCUT2D eigenvalue weighted by Crippen LogP contribution is -1.90. The fourth-order valence-electron chi connectivity index (χ4n) is 2.46. The van der Waals surface area contributed by atoms with Crippen LogP contribution in [0.3, 0.4) is 0 Å². The Morgan fingerprint density at radius 3 is 2.14 bits per heavy atom. The molecule has 35 heavy (non-hydrogen) atoms. The summed E-state index contributed by atoms with van der Waals surface area (Å²) < 4.78 is 5.22. The van der Waals surface area contributed by atoms with Crippen molar-refractivity contribution in [2.75, 3.05) is 20.3 Å². The molecule has 0 bridgehead atoms. The third-order valence-electron chi connectivity index (χ3n) is 4.08. The SMILES string of the molecule is C.C/C=C(/CC)c1cc(OC)ccc1C.C=C/C(=C\C=NCC)C(=C)/C=C\CO.CC=O.CCC. The van der Waals surface area contributed by atoms with E-state index < -0.39 is 0 Å². The molecule has 1 rings (SSSR count). The fraction of sp³-hybridized carbons (Fsp3) is 0.419. The minimum Gasteiger partial charge on any atom is -0.497 e. The highest BCUT2D eigenvalue weighted by molar-refractivity contribution is 5.75. The van der Waals surface area contributed by atoms with Crippen LogP contribution < -0.4 is 4.74 Å². The van der Waals surface area contributed by atoms with Crippen LogP contribution in [0.15, 0.2) is 77.9 Å². The molecule has 0 amide bonds. The van der Waals surface area contributed by atoms with Crippen LogP contribution in [0.25, 0.3) is 5.57 Å². The number of aliphatic hydroxyl groups is 1. The molecule has 198 valence electrons. The van der Waals surface area contributed by atoms with E-state index in [9.17, 15) is 0 Å². The van der Waals surface area contributed by atoms with Crippen molar-refractivity contribution in [1.29, 1.82) is 0 Å². The van der Waals surface area contributed by atoms with Gasteiger partial charge in [0.1, 0.15) is 12.0 Å². The van der Waals surface area contributed by atoms with Crippen LogP contribution >= 0.6 is 0 Å². The second kappa shape index (κ2) is 29.1. The van der Waals surface area contributed by atoms with E-state index in [4.69, 9.17) is 14.6 Å². The molecule has 0 saturated heterocycles. The zero-order valence-corrected chi connectivity index (χ0v) is 22.7. The number of aryl methyl sites for hydroxylation is 1. The lowest BCUT2D eigenvalue weighted by atomic mass is 9.98. The summed E-state index contributed by atoms with van der Waals surface area (Å²) in [5.41, 5.74) is 5.71. The smallest absolute Gasteiger partial charge is 0.119 e. The van der Waals surface area contributed by atoms with Gasteiger partial charge in [-0.15, -0.1) is 0 Å². The van der Waals surface area contributed by atoms with E-state index in [1.54, 1.807) is 31.6 Å². The van der Waals surface area contributed by atoms with Gasteiger partial charge < -0.3 is 14.6 Å². The Morgan fingerprint density at radius 1 is 1.17 bits per heavy atom. The number of aliphatic imine (C=N–C) groups is 1. The van der Waals surface area contributed by atoms with Crippen LogP contribution in [-0.4, -0.2) is 37.9 Å². The van der Waals surface area contributed by atoms with Crippen LogP contribution in [0.4, 0.5) is 0 Å². The van der Waals surface area contributed by atoms with Gasteiger partial charge in [0.05, 0.1) is 13.7 Å². The monoisotopic (exact) mass is 485 g/mol. The molecule has 0 heterocycles. The quantitative estimate of drug-likeness (QED) is 0.217. The maximum atomic E-state index is 8.81. The van der Waals surface area contributed by atoms with Crippen molar-refractivity contribution in [3.05, 3.63) is 84.0 Å². The first-order valence-electron chi connectivity index (χ1n) is 11.8. The van der Waals surface area contributed by atoms with Crippen molar-refractivity contribution in [3.8, 4) is 5.75 Å². The maximum Gasteiger partial charge on any atom is 0.119 e. The van der Waals surface area contributed by atoms with Gasteiger partial charge in [0.25, 0.3) is 0 Å². The number of carbonyl (C=O) groups is 1. The van der Waals surface area contributed by atoms with Gasteiger partial charge in [0.15, 0.2) is 0 Å². The number of methoxy groups -OCH3 is 1. The number of hydrogen-bond acceptors (Lipinski definition) is 4. The van der Waals surface area contributed by atoms with Crippen LogP contribution in [0.5, 0.6) is 5.75 Å². The fourth-order valence-corrected chi connectivity index (χ4v) is 2.46. The molecule has 0 atom stereocenters. The largest absolute Gasteiger partial charge is 0.497 e. The lowest BCUT2D eigenvalue weighted by Gasteiger charge is -2.10. The highest BCUT2D eigenvalue weighted by Crippen LogP contribution is 2.25. The summed E-state index contributed by atoms with van der Waals surface area (Å²) in [6.45, 7) is 22.4. The first-order valence-corrected chi connectivity index (χ1v) is 11.8. The zero-order chi connectivity index (χ0) is 26.8. The average molecular weight is 486 g/mol. The summed E-state index contributed by atoms with van der Waals surface area (Å²) in [6.07, 6.45) is 13.9. The minimum atomic E-state index is 0. The molecule has 0 aromatic heterocycles. The molecule has 1 aromatic rings. The zero-order valence-electron chi connectivity index (χ0n) is 22.7. The molecule has 0 saturated carbocycles. The number of aliphatic hydroxyl groups excluding tert-OH is 1. The maximum absolute atomic E-state index is 8.81. The van der Waals surface area contributed by atoms with E-state index in [-0.39, 0.29) is 14.0 Å². The average Bonchev–Trinajstić information content (AvgIpc) is 2.83. The summed E-state index contributed by atoms with van der Waals surface area (Å²) in [6, 6.07) is 6.21. The number of ether oxygens (including phenoxy) is 1. The lowest BCUT2D eigenvalue weighted by molar-refractivity contribution is -0.106. The summed E-state index contributed by atoms with van der Waals surface area (Å²) in [5.74, 6) is 0.929. The Labute approximate surface area is 216 Å². The molecule has 0 fully saturated rings. The van der Waals surface area contributed by atoms with Gasteiger partial charge in [-0.05, 0) is 80.2 Å². The van der Waals surface area contributed by atoms with Gasteiger partial charge >= 0.3 is 0 Å². The van der Waals surface area contributed by atoms with Gasteiger partial charge in [0.2, 0.25) is 0 Å². The second-order valence-corrected chi connectivity index (χ2v) is 6.88. The van der Waals surface area contributed by atoms with Gasteiger partial charge in [-0.2, -0.15) is 0 Å². The Bertz CT molecular complexity index is 799. The molecule has 1 aromatic carbocycles. The van der Waals surface area contributed by atoms with Crippen molar-refractivity contribution < 1.29 is 14.6 Å². The molecule has 4 heteroatoms.